The maximum absolute atomic E-state index is 3.02. The van der Waals surface area contributed by atoms with Crippen molar-refractivity contribution in [3.63, 3.8) is 0 Å². The maximum atomic E-state index is 3.02. The fourth-order valence-electron chi connectivity index (χ4n) is 13.6. The molecule has 3 fully saturated rings. The Balaban J connectivity index is 2.61. The van der Waals surface area contributed by atoms with Crippen molar-refractivity contribution in [1.29, 1.82) is 0 Å². The van der Waals surface area contributed by atoms with Crippen LogP contribution in [0.3, 0.4) is 0 Å². The van der Waals surface area contributed by atoms with E-state index >= 15 is 0 Å². The molecule has 4 aliphatic rings. The summed E-state index contributed by atoms with van der Waals surface area (Å²) in [6, 6.07) is 10.5. The van der Waals surface area contributed by atoms with Crippen molar-refractivity contribution in [3.8, 4) is 0 Å². The lowest BCUT2D eigenvalue weighted by Gasteiger charge is -3.04. The second kappa shape index (κ2) is 11.1. The summed E-state index contributed by atoms with van der Waals surface area (Å²) in [5, 5.41) is 0. The lowest BCUT2D eigenvalue weighted by Crippen LogP contribution is -3.35. The Morgan fingerprint density at radius 3 is 0.895 bits per heavy atom. The Morgan fingerprint density at radius 1 is 0.474 bits per heavy atom. The predicted octanol–water partition coefficient (Wildman–Crippen LogP) is 10.6. The van der Waals surface area contributed by atoms with Crippen LogP contribution in [0.1, 0.15) is 83.1 Å². The SMILES string of the molecule is CC(C)C[Si]1(CC(C)C)[Si]2(C3C=CC=C3)[Si](CC(C)C)(CC(C)C)[Si]1([Si](C)(C)C)[Si]2(CC(C)C)CC(C)C. The molecule has 38 heavy (non-hydrogen) atoms. The lowest BCUT2D eigenvalue weighted by atomic mass is 10.3. The van der Waals surface area contributed by atoms with E-state index < -0.39 is 41.7 Å². The number of allylic oxidation sites excluding steroid dienone is 4. The first kappa shape index (κ1) is 33.3. The van der Waals surface area contributed by atoms with Crippen LogP contribution in [-0.4, -0.2) is 41.7 Å². The molecule has 220 valence electrons. The number of hydrogen-bond acceptors (Lipinski definition) is 0. The molecule has 6 heteroatoms. The highest BCUT2D eigenvalue weighted by atomic mass is 30.7. The van der Waals surface area contributed by atoms with Gasteiger partial charge in [0.05, 0.1) is 0 Å². The van der Waals surface area contributed by atoms with Crippen LogP contribution in [0.15, 0.2) is 24.3 Å². The van der Waals surface area contributed by atoms with E-state index in [4.69, 9.17) is 0 Å². The molecule has 0 aromatic carbocycles. The molecule has 0 nitrogen and oxygen atoms in total. The van der Waals surface area contributed by atoms with Crippen LogP contribution in [0.2, 0.25) is 61.4 Å². The highest BCUT2D eigenvalue weighted by Gasteiger charge is 3.09. The van der Waals surface area contributed by atoms with Gasteiger partial charge in [0.15, 0.2) is 0 Å². The van der Waals surface area contributed by atoms with Gasteiger partial charge in [-0.05, 0) is 41.0 Å². The average molecular weight is 621 g/mol. The molecule has 0 aromatic heterocycles. The van der Waals surface area contributed by atoms with Gasteiger partial charge in [0.2, 0.25) is 0 Å². The fraction of sp³-hybridized carbons (Fsp3) is 0.875. The Morgan fingerprint density at radius 2 is 0.711 bits per heavy atom. The molecule has 0 amide bonds. The van der Waals surface area contributed by atoms with Crippen LogP contribution in [0.5, 0.6) is 0 Å². The smallest absolute Gasteiger partial charge is 0.0423 e. The van der Waals surface area contributed by atoms with E-state index in [0.717, 1.165) is 41.0 Å². The van der Waals surface area contributed by atoms with Crippen molar-refractivity contribution in [2.45, 2.75) is 145 Å². The van der Waals surface area contributed by atoms with Crippen molar-refractivity contribution in [3.05, 3.63) is 24.3 Å². The zero-order chi connectivity index (χ0) is 29.1. The molecule has 0 spiro atoms. The molecule has 1 aliphatic carbocycles. The summed E-state index contributed by atoms with van der Waals surface area (Å²) in [6.45, 7) is 39.5. The van der Waals surface area contributed by atoms with E-state index in [0.29, 0.717) is 0 Å². The minimum Gasteiger partial charge on any atom is -0.0812 e. The third kappa shape index (κ3) is 4.13. The Labute approximate surface area is 244 Å². The molecule has 4 rings (SSSR count). The molecule has 0 saturated carbocycles. The third-order valence-electron chi connectivity index (χ3n) is 11.3. The summed E-state index contributed by atoms with van der Waals surface area (Å²) in [4.78, 5) is 0. The van der Waals surface area contributed by atoms with Gasteiger partial charge in [-0.25, -0.2) is 0 Å². The Kier molecular flexibility index (Phi) is 9.74. The van der Waals surface area contributed by atoms with Gasteiger partial charge in [-0.15, -0.1) is 0 Å². The molecule has 2 bridgehead atoms. The Bertz CT molecular complexity index is 765. The molecule has 0 unspecified atom stereocenters. The van der Waals surface area contributed by atoms with E-state index in [-0.39, 0.29) is 0 Å². The summed E-state index contributed by atoms with van der Waals surface area (Å²) >= 11 is 0. The van der Waals surface area contributed by atoms with Crippen molar-refractivity contribution in [2.24, 2.45) is 35.5 Å². The standard InChI is InChI=1S/C32H68Si6/c1-26(2)20-34(21-27(3)4)37(32-18-16-17-19-32)35(22-28(5)6,23-29(7)8)38(34,33(13,14)15)36(37,24-30(9)10)25-31(11)12/h16-19,26-32H,20-25H2,1-15H3. The normalized spacial score (nSPS) is 29.4. The van der Waals surface area contributed by atoms with Crippen LogP contribution in [0.4, 0.5) is 0 Å². The largest absolute Gasteiger partial charge is 0.0812 e. The van der Waals surface area contributed by atoms with E-state index in [1.54, 1.807) is 36.3 Å². The highest BCUT2D eigenvalue weighted by molar-refractivity contribution is 8.54. The zero-order valence-corrected chi connectivity index (χ0v) is 34.6. The summed E-state index contributed by atoms with van der Waals surface area (Å²) in [6.07, 6.45) is 9.47. The van der Waals surface area contributed by atoms with Gasteiger partial charge >= 0.3 is 0 Å². The topological polar surface area (TPSA) is 0 Å². The van der Waals surface area contributed by atoms with Gasteiger partial charge in [0, 0.05) is 41.7 Å². The molecule has 3 saturated heterocycles. The monoisotopic (exact) mass is 620 g/mol. The maximum Gasteiger partial charge on any atom is 0.0423 e. The third-order valence-corrected chi connectivity index (χ3v) is 216. The molecule has 0 radical (unpaired) electrons. The second-order valence-corrected chi connectivity index (χ2v) is 91.0. The van der Waals surface area contributed by atoms with E-state index in [9.17, 15) is 0 Å². The Hall–Kier alpha value is 0.781. The fourth-order valence-corrected chi connectivity index (χ4v) is 436. The predicted molar refractivity (Wildman–Crippen MR) is 192 cm³/mol. The minimum absolute atomic E-state index is 0.917. The van der Waals surface area contributed by atoms with Crippen LogP contribution in [-0.2, 0) is 0 Å². The van der Waals surface area contributed by atoms with Gasteiger partial charge in [0.25, 0.3) is 0 Å². The molecular weight excluding hydrogens is 553 g/mol. The highest BCUT2D eigenvalue weighted by Crippen LogP contribution is 2.83. The number of rotatable bonds is 14. The van der Waals surface area contributed by atoms with Crippen molar-refractivity contribution in [2.75, 3.05) is 0 Å². The first-order valence-electron chi connectivity index (χ1n) is 16.7. The average Bonchev–Trinajstić information content (AvgIpc) is 3.17. The van der Waals surface area contributed by atoms with Gasteiger partial charge in [-0.2, -0.15) is 0 Å². The van der Waals surface area contributed by atoms with E-state index in [1.807, 2.05) is 0 Å². The molecule has 3 heterocycles. The molecular formula is C32H68Si6. The quantitative estimate of drug-likeness (QED) is 0.169. The molecule has 3 aliphatic heterocycles. The summed E-state index contributed by atoms with van der Waals surface area (Å²) in [5.74, 6) is 5.50. The minimum atomic E-state index is -1.48. The van der Waals surface area contributed by atoms with Crippen LogP contribution in [0, 0.1) is 35.5 Å². The van der Waals surface area contributed by atoms with Crippen LogP contribution in [0.25, 0.3) is 0 Å². The van der Waals surface area contributed by atoms with Crippen LogP contribution >= 0.6 is 0 Å². The van der Waals surface area contributed by atoms with Crippen LogP contribution < -0.4 is 0 Å². The van der Waals surface area contributed by atoms with Gasteiger partial charge in [-0.1, -0.05) is 163 Å². The van der Waals surface area contributed by atoms with Gasteiger partial charge in [0.1, 0.15) is 0 Å². The summed E-state index contributed by atoms with van der Waals surface area (Å²) < 4.78 is 0. The van der Waals surface area contributed by atoms with E-state index in [2.05, 4.69) is 127 Å². The summed E-state index contributed by atoms with van der Waals surface area (Å²) in [5.41, 5.74) is 0.950. The van der Waals surface area contributed by atoms with Gasteiger partial charge in [-0.3, -0.25) is 0 Å². The van der Waals surface area contributed by atoms with Gasteiger partial charge < -0.3 is 0 Å². The zero-order valence-electron chi connectivity index (χ0n) is 28.6. The molecule has 0 N–H and O–H groups in total. The van der Waals surface area contributed by atoms with Crippen molar-refractivity contribution in [1.82, 2.24) is 0 Å². The second-order valence-electron chi connectivity index (χ2n) is 17.9. The first-order chi connectivity index (χ1) is 17.4. The van der Waals surface area contributed by atoms with Crippen molar-refractivity contribution < 1.29 is 0 Å². The van der Waals surface area contributed by atoms with E-state index in [1.165, 1.54) is 0 Å². The lowest BCUT2D eigenvalue weighted by molar-refractivity contribution is 0.673. The summed E-state index contributed by atoms with van der Waals surface area (Å²) in [7, 11) is -5.39. The number of hydrogen-bond donors (Lipinski definition) is 0. The van der Waals surface area contributed by atoms with Crippen molar-refractivity contribution >= 4 is 41.7 Å². The first-order valence-corrected chi connectivity index (χ1v) is 38.5. The molecule has 0 aromatic rings. The molecule has 0 atom stereocenters.